The van der Waals surface area contributed by atoms with Gasteiger partial charge >= 0.3 is 5.97 Å². The molecule has 0 heterocycles. The summed E-state index contributed by atoms with van der Waals surface area (Å²) < 4.78 is 10.1. The number of hydrogen-bond acceptors (Lipinski definition) is 4. The van der Waals surface area contributed by atoms with Crippen molar-refractivity contribution in [1.29, 1.82) is 0 Å². The first-order valence-corrected chi connectivity index (χ1v) is 5.60. The molecule has 0 atom stereocenters. The number of rotatable bonds is 5. The summed E-state index contributed by atoms with van der Waals surface area (Å²) in [5.74, 6) is 0.627. The first-order chi connectivity index (χ1) is 8.08. The van der Waals surface area contributed by atoms with Gasteiger partial charge in [0.15, 0.2) is 0 Å². The molecule has 0 fully saturated rings. The summed E-state index contributed by atoms with van der Waals surface area (Å²) >= 11 is 0. The molecule has 1 aromatic carbocycles. The quantitative estimate of drug-likeness (QED) is 0.734. The van der Waals surface area contributed by atoms with Gasteiger partial charge in [-0.2, -0.15) is 0 Å². The van der Waals surface area contributed by atoms with Crippen LogP contribution in [-0.4, -0.2) is 33.3 Å². The molecule has 17 heavy (non-hydrogen) atoms. The Balaban J connectivity index is 2.72. The summed E-state index contributed by atoms with van der Waals surface area (Å²) in [4.78, 5) is 13.2. The average Bonchev–Trinajstić information content (AvgIpc) is 2.29. The Labute approximate surface area is 102 Å². The number of benzene rings is 1. The summed E-state index contributed by atoms with van der Waals surface area (Å²) in [5.41, 5.74) is 2.01. The zero-order valence-electron chi connectivity index (χ0n) is 10.8. The number of aryl methyl sites for hydroxylation is 1. The van der Waals surface area contributed by atoms with Gasteiger partial charge < -0.3 is 14.4 Å². The first-order valence-electron chi connectivity index (χ1n) is 5.60. The molecule has 4 nitrogen and oxygen atoms in total. The largest absolute Gasteiger partial charge is 0.496 e. The van der Waals surface area contributed by atoms with E-state index in [1.807, 2.05) is 37.1 Å². The molecule has 0 saturated carbocycles. The first kappa shape index (κ1) is 13.4. The van der Waals surface area contributed by atoms with E-state index in [0.717, 1.165) is 17.0 Å². The van der Waals surface area contributed by atoms with E-state index >= 15 is 0 Å². The summed E-state index contributed by atoms with van der Waals surface area (Å²) in [6, 6.07) is 5.80. The van der Waals surface area contributed by atoms with E-state index in [1.165, 1.54) is 0 Å². The summed E-state index contributed by atoms with van der Waals surface area (Å²) in [5, 5.41) is 0. The monoisotopic (exact) mass is 237 g/mol. The number of nitrogens with zero attached hydrogens (tertiary/aromatic N) is 1. The molecule has 4 heteroatoms. The number of carbonyl (C=O) groups excluding carboxylic acids is 1. The molecule has 0 radical (unpaired) electrons. The lowest BCUT2D eigenvalue weighted by molar-refractivity contribution is -0.141. The Morgan fingerprint density at radius 2 is 2.12 bits per heavy atom. The van der Waals surface area contributed by atoms with Gasteiger partial charge in [0.25, 0.3) is 0 Å². The third-order valence-corrected chi connectivity index (χ3v) is 2.49. The maximum atomic E-state index is 11.3. The molecule has 0 unspecified atom stereocenters. The Morgan fingerprint density at radius 3 is 2.65 bits per heavy atom. The highest BCUT2D eigenvalue weighted by Gasteiger charge is 2.09. The fourth-order valence-electron chi connectivity index (χ4n) is 1.59. The van der Waals surface area contributed by atoms with Crippen LogP contribution in [0, 0.1) is 6.92 Å². The fraction of sp³-hybridized carbons (Fsp3) is 0.462. The van der Waals surface area contributed by atoms with E-state index in [1.54, 1.807) is 14.0 Å². The van der Waals surface area contributed by atoms with Crippen LogP contribution in [0.4, 0.5) is 5.69 Å². The lowest BCUT2D eigenvalue weighted by atomic mass is 10.2. The Bertz CT molecular complexity index is 390. The lowest BCUT2D eigenvalue weighted by Crippen LogP contribution is -2.27. The normalized spacial score (nSPS) is 9.88. The molecule has 0 saturated heterocycles. The summed E-state index contributed by atoms with van der Waals surface area (Å²) in [6.07, 6.45) is 0. The average molecular weight is 237 g/mol. The van der Waals surface area contributed by atoms with Gasteiger partial charge in [0, 0.05) is 12.7 Å². The number of esters is 1. The molecule has 0 aliphatic rings. The second-order valence-electron chi connectivity index (χ2n) is 3.82. The molecular weight excluding hydrogens is 218 g/mol. The van der Waals surface area contributed by atoms with Crippen molar-refractivity contribution in [2.75, 3.05) is 32.2 Å². The molecule has 0 aliphatic heterocycles. The van der Waals surface area contributed by atoms with Crippen LogP contribution >= 0.6 is 0 Å². The smallest absolute Gasteiger partial charge is 0.325 e. The van der Waals surface area contributed by atoms with Gasteiger partial charge in [-0.05, 0) is 37.6 Å². The third kappa shape index (κ3) is 3.66. The third-order valence-electron chi connectivity index (χ3n) is 2.49. The standard InChI is InChI=1S/C13H19NO3/c1-5-17-13(15)9-14(3)11-6-7-12(16-4)10(2)8-11/h6-8H,5,9H2,1-4H3. The number of methoxy groups -OCH3 is 1. The van der Waals surface area contributed by atoms with Gasteiger partial charge in [0.2, 0.25) is 0 Å². The number of anilines is 1. The Hall–Kier alpha value is -1.71. The second kappa shape index (κ2) is 6.13. The van der Waals surface area contributed by atoms with Crippen LogP contribution in [0.5, 0.6) is 5.75 Å². The Kier molecular flexibility index (Phi) is 4.82. The molecule has 0 aliphatic carbocycles. The van der Waals surface area contributed by atoms with Crippen molar-refractivity contribution in [3.8, 4) is 5.75 Å². The number of ether oxygens (including phenoxy) is 2. The minimum absolute atomic E-state index is 0.219. The van der Waals surface area contributed by atoms with Crippen LogP contribution in [0.25, 0.3) is 0 Å². The van der Waals surface area contributed by atoms with E-state index in [0.29, 0.717) is 6.61 Å². The molecule has 0 N–H and O–H groups in total. The van der Waals surface area contributed by atoms with Crippen LogP contribution in [-0.2, 0) is 9.53 Å². The van der Waals surface area contributed by atoms with E-state index in [2.05, 4.69) is 0 Å². The predicted octanol–water partition coefficient (Wildman–Crippen LogP) is 2.00. The van der Waals surface area contributed by atoms with Crippen molar-refractivity contribution in [1.82, 2.24) is 0 Å². The van der Waals surface area contributed by atoms with E-state index < -0.39 is 0 Å². The molecule has 0 aromatic heterocycles. The topological polar surface area (TPSA) is 38.8 Å². The van der Waals surface area contributed by atoms with Gasteiger partial charge in [-0.1, -0.05) is 0 Å². The number of likely N-dealkylation sites (N-methyl/N-ethyl adjacent to an activating group) is 1. The van der Waals surface area contributed by atoms with Crippen LogP contribution in [0.2, 0.25) is 0 Å². The highest BCUT2D eigenvalue weighted by atomic mass is 16.5. The minimum Gasteiger partial charge on any atom is -0.496 e. The van der Waals surface area contributed by atoms with Gasteiger partial charge in [-0.3, -0.25) is 4.79 Å². The van der Waals surface area contributed by atoms with Crippen LogP contribution in [0.15, 0.2) is 18.2 Å². The van der Waals surface area contributed by atoms with E-state index in [-0.39, 0.29) is 12.5 Å². The number of hydrogen-bond donors (Lipinski definition) is 0. The zero-order chi connectivity index (χ0) is 12.8. The molecule has 1 rings (SSSR count). The summed E-state index contributed by atoms with van der Waals surface area (Å²) in [6.45, 7) is 4.43. The minimum atomic E-state index is -0.219. The van der Waals surface area contributed by atoms with Gasteiger partial charge in [0.1, 0.15) is 12.3 Å². The molecule has 1 aromatic rings. The highest BCUT2D eigenvalue weighted by Crippen LogP contribution is 2.23. The molecule has 94 valence electrons. The van der Waals surface area contributed by atoms with Crippen LogP contribution in [0.1, 0.15) is 12.5 Å². The van der Waals surface area contributed by atoms with Crippen molar-refractivity contribution < 1.29 is 14.3 Å². The Morgan fingerprint density at radius 1 is 1.41 bits per heavy atom. The summed E-state index contributed by atoms with van der Waals surface area (Å²) in [7, 11) is 3.50. The SMILES string of the molecule is CCOC(=O)CN(C)c1ccc(OC)c(C)c1. The fourth-order valence-corrected chi connectivity index (χ4v) is 1.59. The van der Waals surface area contributed by atoms with E-state index in [9.17, 15) is 4.79 Å². The van der Waals surface area contributed by atoms with Crippen molar-refractivity contribution >= 4 is 11.7 Å². The maximum absolute atomic E-state index is 11.3. The van der Waals surface area contributed by atoms with Gasteiger partial charge in [0.05, 0.1) is 13.7 Å². The second-order valence-corrected chi connectivity index (χ2v) is 3.82. The zero-order valence-corrected chi connectivity index (χ0v) is 10.8. The van der Waals surface area contributed by atoms with Crippen molar-refractivity contribution in [3.63, 3.8) is 0 Å². The van der Waals surface area contributed by atoms with Crippen molar-refractivity contribution in [2.45, 2.75) is 13.8 Å². The number of carbonyl (C=O) groups is 1. The molecule has 0 spiro atoms. The maximum Gasteiger partial charge on any atom is 0.325 e. The molecule has 0 amide bonds. The van der Waals surface area contributed by atoms with Crippen LogP contribution < -0.4 is 9.64 Å². The van der Waals surface area contributed by atoms with Gasteiger partial charge in [-0.15, -0.1) is 0 Å². The van der Waals surface area contributed by atoms with Crippen molar-refractivity contribution in [2.24, 2.45) is 0 Å². The highest BCUT2D eigenvalue weighted by molar-refractivity contribution is 5.75. The lowest BCUT2D eigenvalue weighted by Gasteiger charge is -2.19. The van der Waals surface area contributed by atoms with Crippen LogP contribution in [0.3, 0.4) is 0 Å². The van der Waals surface area contributed by atoms with Gasteiger partial charge in [-0.25, -0.2) is 0 Å². The van der Waals surface area contributed by atoms with Crippen molar-refractivity contribution in [3.05, 3.63) is 23.8 Å². The predicted molar refractivity (Wildman–Crippen MR) is 67.6 cm³/mol. The van der Waals surface area contributed by atoms with E-state index in [4.69, 9.17) is 9.47 Å². The molecule has 0 bridgehead atoms. The molecular formula is C13H19NO3.